The minimum Gasteiger partial charge on any atom is -0.350 e. The van der Waals surface area contributed by atoms with Gasteiger partial charge in [0.2, 0.25) is 5.82 Å². The van der Waals surface area contributed by atoms with E-state index < -0.39 is 29.5 Å². The Kier molecular flexibility index (Phi) is 7.96. The highest BCUT2D eigenvalue weighted by atomic mass is 35.5. The van der Waals surface area contributed by atoms with E-state index in [0.29, 0.717) is 5.52 Å². The average molecular weight is 415 g/mol. The molecule has 1 aromatic heterocycles. The summed E-state index contributed by atoms with van der Waals surface area (Å²) in [5.74, 6) is -1.36. The normalized spacial score (nSPS) is 11.9. The molecule has 10 heteroatoms. The maximum absolute atomic E-state index is 13.2. The monoisotopic (exact) mass is 414 g/mol. The molecule has 3 N–H and O–H groups in total. The summed E-state index contributed by atoms with van der Waals surface area (Å²) in [7, 11) is 0. The van der Waals surface area contributed by atoms with E-state index in [-0.39, 0.29) is 42.4 Å². The van der Waals surface area contributed by atoms with Crippen molar-refractivity contribution in [2.24, 2.45) is 5.73 Å². The van der Waals surface area contributed by atoms with E-state index in [2.05, 4.69) is 10.3 Å². The average Bonchev–Trinajstić information content (AvgIpc) is 2.82. The Labute approximate surface area is 162 Å². The van der Waals surface area contributed by atoms with Crippen LogP contribution in [0.1, 0.15) is 49.9 Å². The highest BCUT2D eigenvalue weighted by Gasteiger charge is 2.38. The third-order valence-corrected chi connectivity index (χ3v) is 3.43. The van der Waals surface area contributed by atoms with Gasteiger partial charge in [-0.15, -0.1) is 24.8 Å². The van der Waals surface area contributed by atoms with Crippen LogP contribution in [-0.4, -0.2) is 27.5 Å². The number of nitrogens with two attached hydrogens (primary N) is 1. The minimum absolute atomic E-state index is 0. The molecule has 0 aliphatic carbocycles. The number of benzene rings is 1. The highest BCUT2D eigenvalue weighted by Crippen LogP contribution is 2.33. The quantitative estimate of drug-likeness (QED) is 0.795. The van der Waals surface area contributed by atoms with E-state index in [1.807, 2.05) is 0 Å². The van der Waals surface area contributed by atoms with Crippen LogP contribution in [0.2, 0.25) is 0 Å². The predicted octanol–water partition coefficient (Wildman–Crippen LogP) is 3.95. The van der Waals surface area contributed by atoms with E-state index in [9.17, 15) is 18.0 Å². The number of hydrogen-bond donors (Lipinski definition) is 2. The van der Waals surface area contributed by atoms with E-state index >= 15 is 0 Å². The number of alkyl halides is 3. The molecule has 0 saturated heterocycles. The van der Waals surface area contributed by atoms with Crippen molar-refractivity contribution in [2.75, 3.05) is 6.54 Å². The number of hydrogen-bond acceptors (Lipinski definition) is 3. The van der Waals surface area contributed by atoms with Gasteiger partial charge in [-0.05, 0) is 45.9 Å². The van der Waals surface area contributed by atoms with Crippen molar-refractivity contribution in [3.05, 3.63) is 29.6 Å². The Morgan fingerprint density at radius 3 is 2.31 bits per heavy atom. The summed E-state index contributed by atoms with van der Waals surface area (Å²) in [6.07, 6.45) is -4.56. The Morgan fingerprint density at radius 1 is 1.27 bits per heavy atom. The fourth-order valence-corrected chi connectivity index (χ4v) is 2.37. The van der Waals surface area contributed by atoms with Crippen LogP contribution in [0.25, 0.3) is 11.0 Å². The lowest BCUT2D eigenvalue weighted by Crippen LogP contribution is -2.45. The second-order valence-corrected chi connectivity index (χ2v) is 6.77. The molecule has 26 heavy (non-hydrogen) atoms. The first kappa shape index (κ1) is 24.5. The van der Waals surface area contributed by atoms with Crippen LogP contribution in [0.15, 0.2) is 18.2 Å². The summed E-state index contributed by atoms with van der Waals surface area (Å²) in [5.41, 5.74) is 5.94. The second kappa shape index (κ2) is 8.45. The first-order valence-corrected chi connectivity index (χ1v) is 7.56. The topological polar surface area (TPSA) is 72.9 Å². The fraction of sp³-hybridized carbons (Fsp3) is 0.500. The van der Waals surface area contributed by atoms with Crippen LogP contribution < -0.4 is 11.1 Å². The summed E-state index contributed by atoms with van der Waals surface area (Å²) in [4.78, 5) is 15.8. The van der Waals surface area contributed by atoms with Gasteiger partial charge in [-0.25, -0.2) is 4.98 Å². The lowest BCUT2D eigenvalue weighted by molar-refractivity contribution is -0.147. The van der Waals surface area contributed by atoms with Gasteiger partial charge in [0, 0.05) is 23.7 Å². The van der Waals surface area contributed by atoms with Gasteiger partial charge in [0.05, 0.1) is 11.0 Å². The van der Waals surface area contributed by atoms with Crippen LogP contribution in [-0.2, 0) is 6.18 Å². The molecule has 0 bridgehead atoms. The molecule has 1 aromatic carbocycles. The van der Waals surface area contributed by atoms with Crippen LogP contribution in [0.5, 0.6) is 0 Å². The lowest BCUT2D eigenvalue weighted by Gasteiger charge is -2.18. The summed E-state index contributed by atoms with van der Waals surface area (Å²) >= 11 is 0. The molecule has 2 aromatic rings. The summed E-state index contributed by atoms with van der Waals surface area (Å²) in [6.45, 7) is 7.07. The van der Waals surface area contributed by atoms with E-state index in [1.165, 1.54) is 18.2 Å². The molecule has 2 rings (SSSR count). The van der Waals surface area contributed by atoms with Gasteiger partial charge in [0.15, 0.2) is 0 Å². The molecule has 0 unspecified atom stereocenters. The number of aromatic nitrogens is 2. The molecular formula is C16H23Cl2F3N4O. The van der Waals surface area contributed by atoms with Crippen LogP contribution in [0.3, 0.4) is 0 Å². The van der Waals surface area contributed by atoms with Crippen LogP contribution in [0.4, 0.5) is 13.2 Å². The first-order chi connectivity index (χ1) is 10.9. The highest BCUT2D eigenvalue weighted by molar-refractivity contribution is 5.97. The maximum atomic E-state index is 13.2. The molecule has 0 atom stereocenters. The number of halogens is 5. The van der Waals surface area contributed by atoms with Crippen LogP contribution >= 0.6 is 24.8 Å². The van der Waals surface area contributed by atoms with Crippen molar-refractivity contribution in [1.29, 1.82) is 0 Å². The molecule has 0 saturated carbocycles. The largest absolute Gasteiger partial charge is 0.449 e. The molecular weight excluding hydrogens is 392 g/mol. The van der Waals surface area contributed by atoms with Crippen molar-refractivity contribution in [1.82, 2.24) is 14.9 Å². The third kappa shape index (κ3) is 5.49. The SMILES string of the molecule is CC(C)n1c(C(F)(F)F)nc2cc(C(=O)NCC(C)(C)N)ccc21.Cl.Cl. The first-order valence-electron chi connectivity index (χ1n) is 7.56. The Hall–Kier alpha value is -1.51. The molecule has 5 nitrogen and oxygen atoms in total. The fourth-order valence-electron chi connectivity index (χ4n) is 2.37. The lowest BCUT2D eigenvalue weighted by atomic mass is 10.1. The van der Waals surface area contributed by atoms with Gasteiger partial charge in [-0.3, -0.25) is 4.79 Å². The Balaban J connectivity index is 0.00000312. The second-order valence-electron chi connectivity index (χ2n) is 6.77. The van der Waals surface area contributed by atoms with Gasteiger partial charge < -0.3 is 15.6 Å². The molecule has 1 amide bonds. The number of carbonyl (C=O) groups excluding carboxylic acids is 1. The molecule has 1 heterocycles. The standard InChI is InChI=1S/C16H21F3N4O.2ClH/c1-9(2)23-12-6-5-10(13(24)21-8-15(3,4)20)7-11(12)22-14(23)16(17,18)19;;/h5-7,9H,8,20H2,1-4H3,(H,21,24);2*1H. The zero-order valence-electron chi connectivity index (χ0n) is 14.8. The van der Waals surface area contributed by atoms with Crippen molar-refractivity contribution < 1.29 is 18.0 Å². The van der Waals surface area contributed by atoms with Gasteiger partial charge in [-0.2, -0.15) is 13.2 Å². The number of fused-ring (bicyclic) bond motifs is 1. The van der Waals surface area contributed by atoms with E-state index in [0.717, 1.165) is 4.57 Å². The van der Waals surface area contributed by atoms with Crippen molar-refractivity contribution in [3.63, 3.8) is 0 Å². The van der Waals surface area contributed by atoms with E-state index in [1.54, 1.807) is 27.7 Å². The molecule has 0 fully saturated rings. The Morgan fingerprint density at radius 2 is 1.85 bits per heavy atom. The zero-order chi connectivity index (χ0) is 18.3. The van der Waals surface area contributed by atoms with Crippen LogP contribution in [0, 0.1) is 0 Å². The number of imidazole rings is 1. The number of nitrogens with zero attached hydrogens (tertiary/aromatic N) is 2. The number of rotatable bonds is 4. The summed E-state index contributed by atoms with van der Waals surface area (Å²) < 4.78 is 40.7. The van der Waals surface area contributed by atoms with Gasteiger partial charge >= 0.3 is 6.18 Å². The van der Waals surface area contributed by atoms with Gasteiger partial charge in [0.25, 0.3) is 5.91 Å². The molecule has 0 aliphatic rings. The smallest absolute Gasteiger partial charge is 0.350 e. The van der Waals surface area contributed by atoms with E-state index in [4.69, 9.17) is 5.73 Å². The summed E-state index contributed by atoms with van der Waals surface area (Å²) in [6, 6.07) is 3.92. The maximum Gasteiger partial charge on any atom is 0.449 e. The third-order valence-electron chi connectivity index (χ3n) is 3.43. The van der Waals surface area contributed by atoms with Gasteiger partial charge in [0.1, 0.15) is 0 Å². The van der Waals surface area contributed by atoms with Crippen molar-refractivity contribution >= 4 is 41.8 Å². The zero-order valence-corrected chi connectivity index (χ0v) is 16.5. The molecule has 148 valence electrons. The summed E-state index contributed by atoms with van der Waals surface area (Å²) in [5, 5.41) is 2.66. The molecule has 0 radical (unpaired) electrons. The van der Waals surface area contributed by atoms with Gasteiger partial charge in [-0.1, -0.05) is 0 Å². The van der Waals surface area contributed by atoms with Crippen molar-refractivity contribution in [2.45, 2.75) is 45.5 Å². The Bertz CT molecular complexity index is 767. The number of amides is 1. The van der Waals surface area contributed by atoms with Crippen molar-refractivity contribution in [3.8, 4) is 0 Å². The molecule has 0 spiro atoms. The minimum atomic E-state index is -4.56. The number of nitrogens with one attached hydrogen (secondary N) is 1. The predicted molar refractivity (Wildman–Crippen MR) is 100 cm³/mol. The molecule has 0 aliphatic heterocycles. The number of carbonyl (C=O) groups is 1.